The monoisotopic (exact) mass is 359 g/mol. The number of rotatable bonds is 4. The molecule has 0 saturated carbocycles. The van der Waals surface area contributed by atoms with Gasteiger partial charge < -0.3 is 13.9 Å². The van der Waals surface area contributed by atoms with Crippen LogP contribution in [0.1, 0.15) is 11.5 Å². The quantitative estimate of drug-likeness (QED) is 0.672. The van der Waals surface area contributed by atoms with Crippen molar-refractivity contribution in [3.05, 3.63) is 52.3 Å². The molecule has 1 aromatic heterocycles. The number of ether oxygens (including phenoxy) is 2. The first-order chi connectivity index (χ1) is 10.7. The van der Waals surface area contributed by atoms with E-state index in [4.69, 9.17) is 13.9 Å². The Labute approximate surface area is 136 Å². The van der Waals surface area contributed by atoms with Gasteiger partial charge in [-0.3, -0.25) is 0 Å². The molecule has 3 rings (SSSR count). The lowest BCUT2D eigenvalue weighted by Crippen LogP contribution is -1.91. The van der Waals surface area contributed by atoms with Gasteiger partial charge in [-0.1, -0.05) is 28.1 Å². The minimum Gasteiger partial charge on any atom is -0.493 e. The van der Waals surface area contributed by atoms with Crippen LogP contribution in [0.25, 0.3) is 23.3 Å². The van der Waals surface area contributed by atoms with E-state index in [0.29, 0.717) is 17.4 Å². The molecule has 0 N–H and O–H groups in total. The zero-order valence-electron chi connectivity index (χ0n) is 12.2. The average Bonchev–Trinajstić information content (AvgIpc) is 2.96. The van der Waals surface area contributed by atoms with Gasteiger partial charge in [0.1, 0.15) is 5.52 Å². The summed E-state index contributed by atoms with van der Waals surface area (Å²) in [5.74, 6) is 1.90. The molecule has 2 aromatic carbocycles. The van der Waals surface area contributed by atoms with E-state index >= 15 is 0 Å². The number of nitrogens with zero attached hydrogens (tertiary/aromatic N) is 1. The SMILES string of the molecule is COc1cc(Br)c(/C=C/c2nc3ccccc3o2)cc1OC. The van der Waals surface area contributed by atoms with Crippen molar-refractivity contribution in [2.24, 2.45) is 0 Å². The Morgan fingerprint density at radius 2 is 1.77 bits per heavy atom. The maximum absolute atomic E-state index is 5.66. The summed E-state index contributed by atoms with van der Waals surface area (Å²) in [6.07, 6.45) is 3.74. The fourth-order valence-corrected chi connectivity index (χ4v) is 2.57. The molecule has 0 aliphatic carbocycles. The maximum atomic E-state index is 5.66. The standard InChI is InChI=1S/C17H14BrNO3/c1-20-15-9-11(12(18)10-16(15)21-2)7-8-17-19-13-5-3-4-6-14(13)22-17/h3-10H,1-2H3/b8-7+. The molecular formula is C17H14BrNO3. The van der Waals surface area contributed by atoms with Crippen LogP contribution in [0.2, 0.25) is 0 Å². The number of para-hydroxylation sites is 2. The van der Waals surface area contributed by atoms with Gasteiger partial charge in [0.2, 0.25) is 5.89 Å². The predicted octanol–water partition coefficient (Wildman–Crippen LogP) is 4.78. The highest BCUT2D eigenvalue weighted by Gasteiger charge is 2.08. The Morgan fingerprint density at radius 1 is 1.05 bits per heavy atom. The number of halogens is 1. The third-order valence-electron chi connectivity index (χ3n) is 3.22. The average molecular weight is 360 g/mol. The van der Waals surface area contributed by atoms with Crippen molar-refractivity contribution in [1.29, 1.82) is 0 Å². The summed E-state index contributed by atoms with van der Waals surface area (Å²) in [6, 6.07) is 11.4. The van der Waals surface area contributed by atoms with Gasteiger partial charge in [0.05, 0.1) is 14.2 Å². The molecule has 1 heterocycles. The molecule has 0 bridgehead atoms. The van der Waals surface area contributed by atoms with Gasteiger partial charge in [0.15, 0.2) is 17.1 Å². The van der Waals surface area contributed by atoms with Crippen molar-refractivity contribution in [1.82, 2.24) is 4.98 Å². The van der Waals surface area contributed by atoms with Gasteiger partial charge in [-0.2, -0.15) is 0 Å². The lowest BCUT2D eigenvalue weighted by Gasteiger charge is -2.09. The van der Waals surface area contributed by atoms with E-state index in [1.807, 2.05) is 48.6 Å². The third kappa shape index (κ3) is 2.85. The number of hydrogen-bond donors (Lipinski definition) is 0. The summed E-state index contributed by atoms with van der Waals surface area (Å²) < 4.78 is 17.1. The Bertz CT molecular complexity index is 806. The van der Waals surface area contributed by atoms with E-state index in [9.17, 15) is 0 Å². The van der Waals surface area contributed by atoms with Crippen LogP contribution in [0.15, 0.2) is 45.3 Å². The minimum absolute atomic E-state index is 0.558. The summed E-state index contributed by atoms with van der Waals surface area (Å²) in [5.41, 5.74) is 2.56. The largest absolute Gasteiger partial charge is 0.493 e. The fourth-order valence-electron chi connectivity index (χ4n) is 2.12. The van der Waals surface area contributed by atoms with Crippen LogP contribution in [-0.2, 0) is 0 Å². The van der Waals surface area contributed by atoms with Crippen molar-refractivity contribution < 1.29 is 13.9 Å². The molecule has 0 amide bonds. The summed E-state index contributed by atoms with van der Waals surface area (Å²) in [6.45, 7) is 0. The highest BCUT2D eigenvalue weighted by Crippen LogP contribution is 2.34. The van der Waals surface area contributed by atoms with Gasteiger partial charge in [0, 0.05) is 10.5 Å². The van der Waals surface area contributed by atoms with Gasteiger partial charge in [0.25, 0.3) is 0 Å². The smallest absolute Gasteiger partial charge is 0.220 e. The van der Waals surface area contributed by atoms with Crippen LogP contribution < -0.4 is 9.47 Å². The highest BCUT2D eigenvalue weighted by molar-refractivity contribution is 9.10. The highest BCUT2D eigenvalue weighted by atomic mass is 79.9. The fraction of sp³-hybridized carbons (Fsp3) is 0.118. The molecule has 0 fully saturated rings. The number of methoxy groups -OCH3 is 2. The van der Waals surface area contributed by atoms with E-state index < -0.39 is 0 Å². The lowest BCUT2D eigenvalue weighted by molar-refractivity contribution is 0.354. The molecule has 0 saturated heterocycles. The van der Waals surface area contributed by atoms with Crippen molar-refractivity contribution in [2.75, 3.05) is 14.2 Å². The Morgan fingerprint density at radius 3 is 2.50 bits per heavy atom. The number of benzene rings is 2. The molecule has 0 aliphatic rings. The first kappa shape index (κ1) is 14.7. The van der Waals surface area contributed by atoms with Gasteiger partial charge in [-0.15, -0.1) is 0 Å². The topological polar surface area (TPSA) is 44.5 Å². The van der Waals surface area contributed by atoms with Gasteiger partial charge in [-0.25, -0.2) is 4.98 Å². The number of oxazole rings is 1. The Kier molecular flexibility index (Phi) is 4.15. The van der Waals surface area contributed by atoms with E-state index in [-0.39, 0.29) is 0 Å². The molecule has 0 radical (unpaired) electrons. The summed E-state index contributed by atoms with van der Waals surface area (Å²) in [7, 11) is 3.22. The van der Waals surface area contributed by atoms with E-state index in [1.54, 1.807) is 14.2 Å². The van der Waals surface area contributed by atoms with Crippen LogP contribution in [0.5, 0.6) is 11.5 Å². The zero-order chi connectivity index (χ0) is 15.5. The second-order valence-corrected chi connectivity index (χ2v) is 5.44. The number of fused-ring (bicyclic) bond motifs is 1. The van der Waals surface area contributed by atoms with Crippen LogP contribution in [0.3, 0.4) is 0 Å². The summed E-state index contributed by atoms with van der Waals surface area (Å²) in [4.78, 5) is 4.41. The van der Waals surface area contributed by atoms with Crippen LogP contribution in [0.4, 0.5) is 0 Å². The summed E-state index contributed by atoms with van der Waals surface area (Å²) >= 11 is 3.52. The minimum atomic E-state index is 0.558. The van der Waals surface area contributed by atoms with Crippen molar-refractivity contribution in [3.63, 3.8) is 0 Å². The Hall–Kier alpha value is -2.27. The maximum Gasteiger partial charge on any atom is 0.220 e. The zero-order valence-corrected chi connectivity index (χ0v) is 13.8. The van der Waals surface area contributed by atoms with Gasteiger partial charge >= 0.3 is 0 Å². The number of hydrogen-bond acceptors (Lipinski definition) is 4. The van der Waals surface area contributed by atoms with Crippen LogP contribution in [0, 0.1) is 0 Å². The molecule has 0 spiro atoms. The van der Waals surface area contributed by atoms with E-state index in [2.05, 4.69) is 20.9 Å². The third-order valence-corrected chi connectivity index (χ3v) is 3.91. The van der Waals surface area contributed by atoms with Crippen LogP contribution in [-0.4, -0.2) is 19.2 Å². The normalized spacial score (nSPS) is 11.2. The summed E-state index contributed by atoms with van der Waals surface area (Å²) in [5, 5.41) is 0. The second kappa shape index (κ2) is 6.23. The molecule has 4 nitrogen and oxygen atoms in total. The first-order valence-electron chi connectivity index (χ1n) is 6.66. The molecule has 3 aromatic rings. The number of aromatic nitrogens is 1. The van der Waals surface area contributed by atoms with E-state index in [1.165, 1.54) is 0 Å². The predicted molar refractivity (Wildman–Crippen MR) is 90.2 cm³/mol. The molecule has 0 atom stereocenters. The van der Waals surface area contributed by atoms with Crippen LogP contribution >= 0.6 is 15.9 Å². The van der Waals surface area contributed by atoms with Crippen molar-refractivity contribution in [3.8, 4) is 11.5 Å². The van der Waals surface area contributed by atoms with E-state index in [0.717, 1.165) is 21.1 Å². The first-order valence-corrected chi connectivity index (χ1v) is 7.45. The molecule has 0 aliphatic heterocycles. The molecular weight excluding hydrogens is 346 g/mol. The van der Waals surface area contributed by atoms with Gasteiger partial charge in [-0.05, 0) is 35.9 Å². The van der Waals surface area contributed by atoms with Crippen molar-refractivity contribution >= 4 is 39.2 Å². The van der Waals surface area contributed by atoms with Crippen molar-refractivity contribution in [2.45, 2.75) is 0 Å². The second-order valence-electron chi connectivity index (χ2n) is 4.58. The Balaban J connectivity index is 1.94. The molecule has 0 unspecified atom stereocenters. The molecule has 22 heavy (non-hydrogen) atoms. The lowest BCUT2D eigenvalue weighted by atomic mass is 10.2. The molecule has 5 heteroatoms. The molecule has 112 valence electrons.